The molecule has 2 heteroatoms. The third kappa shape index (κ3) is 3.99. The SMILES string of the molecule is CCN1CCC(C(C)Nc2cccc(C(C)C)c2)CC1. The van der Waals surface area contributed by atoms with Crippen molar-refractivity contribution in [2.24, 2.45) is 5.92 Å². The number of likely N-dealkylation sites (tertiary alicyclic amines) is 1. The van der Waals surface area contributed by atoms with Gasteiger partial charge in [0.05, 0.1) is 0 Å². The minimum Gasteiger partial charge on any atom is -0.382 e. The normalized spacial score (nSPS) is 19.2. The molecule has 1 heterocycles. The Balaban J connectivity index is 1.91. The molecule has 1 aliphatic heterocycles. The Kier molecular flexibility index (Phi) is 5.47. The molecule has 1 atom stereocenters. The predicted molar refractivity (Wildman–Crippen MR) is 88.5 cm³/mol. The smallest absolute Gasteiger partial charge is 0.0345 e. The van der Waals surface area contributed by atoms with Gasteiger partial charge in [0.25, 0.3) is 0 Å². The molecule has 0 spiro atoms. The summed E-state index contributed by atoms with van der Waals surface area (Å²) in [6.45, 7) is 12.8. The number of nitrogens with one attached hydrogen (secondary N) is 1. The largest absolute Gasteiger partial charge is 0.382 e. The Morgan fingerprint density at radius 1 is 1.20 bits per heavy atom. The Morgan fingerprint density at radius 3 is 2.50 bits per heavy atom. The van der Waals surface area contributed by atoms with Crippen molar-refractivity contribution in [3.8, 4) is 0 Å². The lowest BCUT2D eigenvalue weighted by molar-refractivity contribution is 0.183. The van der Waals surface area contributed by atoms with Crippen molar-refractivity contribution in [1.29, 1.82) is 0 Å². The summed E-state index contributed by atoms with van der Waals surface area (Å²) in [6, 6.07) is 9.47. The first-order valence-corrected chi connectivity index (χ1v) is 8.19. The number of hydrogen-bond donors (Lipinski definition) is 1. The second-order valence-electron chi connectivity index (χ2n) is 6.48. The molecular formula is C18H30N2. The number of anilines is 1. The van der Waals surface area contributed by atoms with Crippen LogP contribution in [0.3, 0.4) is 0 Å². The van der Waals surface area contributed by atoms with Gasteiger partial charge >= 0.3 is 0 Å². The van der Waals surface area contributed by atoms with Crippen molar-refractivity contribution in [2.75, 3.05) is 25.0 Å². The number of piperidine rings is 1. The third-order valence-electron chi connectivity index (χ3n) is 4.73. The minimum absolute atomic E-state index is 0.566. The van der Waals surface area contributed by atoms with Gasteiger partial charge in [-0.15, -0.1) is 0 Å². The van der Waals surface area contributed by atoms with Gasteiger partial charge in [0.2, 0.25) is 0 Å². The van der Waals surface area contributed by atoms with Gasteiger partial charge in [-0.25, -0.2) is 0 Å². The van der Waals surface area contributed by atoms with Crippen molar-refractivity contribution in [3.63, 3.8) is 0 Å². The molecule has 0 saturated carbocycles. The first-order chi connectivity index (χ1) is 9.60. The molecule has 0 amide bonds. The Labute approximate surface area is 124 Å². The summed E-state index contributed by atoms with van der Waals surface area (Å²) in [5, 5.41) is 3.72. The zero-order valence-corrected chi connectivity index (χ0v) is 13.5. The van der Waals surface area contributed by atoms with Gasteiger partial charge in [-0.05, 0) is 68.9 Å². The maximum Gasteiger partial charge on any atom is 0.0345 e. The molecule has 1 aliphatic rings. The van der Waals surface area contributed by atoms with Gasteiger partial charge in [0.1, 0.15) is 0 Å². The van der Waals surface area contributed by atoms with E-state index in [1.54, 1.807) is 0 Å². The summed E-state index contributed by atoms with van der Waals surface area (Å²) < 4.78 is 0. The molecule has 2 nitrogen and oxygen atoms in total. The van der Waals surface area contributed by atoms with E-state index in [1.165, 1.54) is 43.7 Å². The van der Waals surface area contributed by atoms with E-state index in [1.807, 2.05) is 0 Å². The van der Waals surface area contributed by atoms with E-state index in [4.69, 9.17) is 0 Å². The van der Waals surface area contributed by atoms with Gasteiger partial charge in [-0.2, -0.15) is 0 Å². The second-order valence-corrected chi connectivity index (χ2v) is 6.48. The fraction of sp³-hybridized carbons (Fsp3) is 0.667. The third-order valence-corrected chi connectivity index (χ3v) is 4.73. The van der Waals surface area contributed by atoms with E-state index in [0.717, 1.165) is 5.92 Å². The van der Waals surface area contributed by atoms with Gasteiger partial charge in [0, 0.05) is 11.7 Å². The van der Waals surface area contributed by atoms with E-state index in [9.17, 15) is 0 Å². The van der Waals surface area contributed by atoms with Crippen LogP contribution in [0.25, 0.3) is 0 Å². The maximum atomic E-state index is 3.72. The molecule has 1 saturated heterocycles. The van der Waals surface area contributed by atoms with Crippen molar-refractivity contribution < 1.29 is 0 Å². The number of benzene rings is 1. The Morgan fingerprint density at radius 2 is 1.90 bits per heavy atom. The van der Waals surface area contributed by atoms with E-state index in [2.05, 4.69) is 62.2 Å². The van der Waals surface area contributed by atoms with Crippen LogP contribution in [0.5, 0.6) is 0 Å². The van der Waals surface area contributed by atoms with E-state index in [-0.39, 0.29) is 0 Å². The van der Waals surface area contributed by atoms with Crippen LogP contribution < -0.4 is 5.32 Å². The lowest BCUT2D eigenvalue weighted by atomic mass is 9.90. The van der Waals surface area contributed by atoms with Crippen molar-refractivity contribution >= 4 is 5.69 Å². The topological polar surface area (TPSA) is 15.3 Å². The highest BCUT2D eigenvalue weighted by molar-refractivity contribution is 5.47. The molecule has 112 valence electrons. The summed E-state index contributed by atoms with van der Waals surface area (Å²) >= 11 is 0. The second kappa shape index (κ2) is 7.12. The lowest BCUT2D eigenvalue weighted by Crippen LogP contribution is -2.39. The van der Waals surface area contributed by atoms with Crippen LogP contribution in [0.2, 0.25) is 0 Å². The molecule has 2 rings (SSSR count). The molecule has 0 aliphatic carbocycles. The van der Waals surface area contributed by atoms with Crippen LogP contribution >= 0.6 is 0 Å². The van der Waals surface area contributed by atoms with E-state index in [0.29, 0.717) is 12.0 Å². The van der Waals surface area contributed by atoms with Crippen molar-refractivity contribution in [1.82, 2.24) is 4.90 Å². The monoisotopic (exact) mass is 274 g/mol. The summed E-state index contributed by atoms with van der Waals surface area (Å²) in [6.07, 6.45) is 2.65. The van der Waals surface area contributed by atoms with Crippen LogP contribution in [-0.4, -0.2) is 30.6 Å². The van der Waals surface area contributed by atoms with Crippen LogP contribution in [0, 0.1) is 5.92 Å². The van der Waals surface area contributed by atoms with Gasteiger partial charge < -0.3 is 10.2 Å². The quantitative estimate of drug-likeness (QED) is 0.859. The fourth-order valence-electron chi connectivity index (χ4n) is 3.14. The number of rotatable bonds is 5. The molecule has 1 fully saturated rings. The Hall–Kier alpha value is -1.02. The highest BCUT2D eigenvalue weighted by Gasteiger charge is 2.23. The zero-order valence-electron chi connectivity index (χ0n) is 13.5. The Bertz CT molecular complexity index is 406. The molecule has 0 radical (unpaired) electrons. The first-order valence-electron chi connectivity index (χ1n) is 8.19. The molecule has 1 aromatic rings. The molecule has 0 aromatic heterocycles. The van der Waals surface area contributed by atoms with Gasteiger partial charge in [0.15, 0.2) is 0 Å². The van der Waals surface area contributed by atoms with Crippen LogP contribution in [-0.2, 0) is 0 Å². The van der Waals surface area contributed by atoms with Gasteiger partial charge in [-0.3, -0.25) is 0 Å². The molecular weight excluding hydrogens is 244 g/mol. The molecule has 0 bridgehead atoms. The van der Waals surface area contributed by atoms with Crippen LogP contribution in [0.15, 0.2) is 24.3 Å². The van der Waals surface area contributed by atoms with Gasteiger partial charge in [-0.1, -0.05) is 32.9 Å². The summed E-state index contributed by atoms with van der Waals surface area (Å²) in [7, 11) is 0. The molecule has 1 N–H and O–H groups in total. The molecule has 20 heavy (non-hydrogen) atoms. The van der Waals surface area contributed by atoms with E-state index >= 15 is 0 Å². The van der Waals surface area contributed by atoms with Crippen molar-refractivity contribution in [2.45, 2.75) is 52.5 Å². The zero-order chi connectivity index (χ0) is 14.5. The lowest BCUT2D eigenvalue weighted by Gasteiger charge is -2.35. The molecule has 1 aromatic carbocycles. The highest BCUT2D eigenvalue weighted by Crippen LogP contribution is 2.24. The summed E-state index contributed by atoms with van der Waals surface area (Å²) in [5.74, 6) is 1.40. The number of hydrogen-bond acceptors (Lipinski definition) is 2. The number of nitrogens with zero attached hydrogens (tertiary/aromatic N) is 1. The van der Waals surface area contributed by atoms with Crippen molar-refractivity contribution in [3.05, 3.63) is 29.8 Å². The summed E-state index contributed by atoms with van der Waals surface area (Å²) in [5.41, 5.74) is 2.70. The average molecular weight is 274 g/mol. The van der Waals surface area contributed by atoms with Crippen LogP contribution in [0.4, 0.5) is 5.69 Å². The highest BCUT2D eigenvalue weighted by atomic mass is 15.1. The first kappa shape index (κ1) is 15.4. The minimum atomic E-state index is 0.566. The fourth-order valence-corrected chi connectivity index (χ4v) is 3.14. The average Bonchev–Trinajstić information content (AvgIpc) is 2.47. The predicted octanol–water partition coefficient (Wildman–Crippen LogP) is 4.34. The standard InChI is InChI=1S/C18H30N2/c1-5-20-11-9-16(10-12-20)15(4)19-18-8-6-7-17(13-18)14(2)3/h6-8,13-16,19H,5,9-12H2,1-4H3. The molecule has 1 unspecified atom stereocenters. The van der Waals surface area contributed by atoms with Crippen LogP contribution in [0.1, 0.15) is 52.0 Å². The maximum absolute atomic E-state index is 3.72. The van der Waals surface area contributed by atoms with E-state index < -0.39 is 0 Å². The summed E-state index contributed by atoms with van der Waals surface area (Å²) in [4.78, 5) is 2.56.